The summed E-state index contributed by atoms with van der Waals surface area (Å²) in [7, 11) is 1.33. The minimum Gasteiger partial charge on any atom is -0.495 e. The molecule has 0 aliphatic heterocycles. The topological polar surface area (TPSA) is 59.4 Å². The number of carbonyl (C=O) groups is 1. The molecule has 1 N–H and O–H groups in total. The minimum absolute atomic E-state index is 0.134. The Labute approximate surface area is 104 Å². The van der Waals surface area contributed by atoms with E-state index in [1.54, 1.807) is 22.6 Å². The van der Waals surface area contributed by atoms with Crippen LogP contribution < -0.4 is 4.74 Å². The van der Waals surface area contributed by atoms with Crippen molar-refractivity contribution in [3.05, 3.63) is 21.0 Å². The Balaban J connectivity index is 3.28. The summed E-state index contributed by atoms with van der Waals surface area (Å²) >= 11 is 1.65. The Morgan fingerprint density at radius 2 is 2.31 bits per heavy atom. The summed E-state index contributed by atoms with van der Waals surface area (Å²) in [4.78, 5) is 14.1. The third kappa shape index (κ3) is 2.77. The zero-order chi connectivity index (χ0) is 12.3. The number of methoxy groups -OCH3 is 1. The summed E-state index contributed by atoms with van der Waals surface area (Å²) in [5, 5.41) is 8.67. The number of pyridine rings is 1. The maximum absolute atomic E-state index is 12.5. The van der Waals surface area contributed by atoms with Gasteiger partial charge in [-0.3, -0.25) is 9.78 Å². The van der Waals surface area contributed by atoms with E-state index in [-0.39, 0.29) is 21.3 Å². The van der Waals surface area contributed by atoms with Gasteiger partial charge in [-0.05, 0) is 22.6 Å². The molecule has 1 aromatic rings. The van der Waals surface area contributed by atoms with Crippen molar-refractivity contribution >= 4 is 28.6 Å². The van der Waals surface area contributed by atoms with Gasteiger partial charge in [-0.25, -0.2) is 8.78 Å². The molecule has 0 atom stereocenters. The van der Waals surface area contributed by atoms with Gasteiger partial charge in [-0.1, -0.05) is 0 Å². The minimum atomic E-state index is -2.73. The standard InChI is InChI=1S/C9H8F2INO3/c1-16-5-3-13-8(9(10)11)7(12)4(5)2-6(14)15/h3,9H,2H2,1H3,(H,14,15). The number of ether oxygens (including phenoxy) is 1. The molecule has 0 aliphatic rings. The van der Waals surface area contributed by atoms with Crippen LogP contribution in [0, 0.1) is 3.57 Å². The first-order chi connectivity index (χ1) is 7.47. The Hall–Kier alpha value is -0.990. The van der Waals surface area contributed by atoms with Gasteiger partial charge in [0.2, 0.25) is 0 Å². The molecule has 1 aromatic heterocycles. The molecule has 0 aliphatic carbocycles. The van der Waals surface area contributed by atoms with E-state index in [1.807, 2.05) is 0 Å². The van der Waals surface area contributed by atoms with Crippen molar-refractivity contribution in [1.29, 1.82) is 0 Å². The molecule has 0 spiro atoms. The fraction of sp³-hybridized carbons (Fsp3) is 0.333. The Bertz CT molecular complexity index is 412. The second-order valence-electron chi connectivity index (χ2n) is 2.88. The van der Waals surface area contributed by atoms with Crippen LogP contribution in [0.4, 0.5) is 8.78 Å². The van der Waals surface area contributed by atoms with Crippen molar-refractivity contribution in [1.82, 2.24) is 4.98 Å². The molecule has 1 rings (SSSR count). The number of hydrogen-bond acceptors (Lipinski definition) is 3. The fourth-order valence-corrected chi connectivity index (χ4v) is 2.00. The summed E-state index contributed by atoms with van der Waals surface area (Å²) in [5.41, 5.74) is -0.196. The number of hydrogen-bond donors (Lipinski definition) is 1. The monoisotopic (exact) mass is 343 g/mol. The van der Waals surface area contributed by atoms with Crippen molar-refractivity contribution in [2.45, 2.75) is 12.8 Å². The third-order valence-electron chi connectivity index (χ3n) is 1.86. The van der Waals surface area contributed by atoms with Crippen LogP contribution >= 0.6 is 22.6 Å². The molecular formula is C9H8F2INO3. The largest absolute Gasteiger partial charge is 0.495 e. The van der Waals surface area contributed by atoms with Crippen LogP contribution in [-0.4, -0.2) is 23.2 Å². The van der Waals surface area contributed by atoms with Crippen LogP contribution in [0.2, 0.25) is 0 Å². The number of rotatable bonds is 4. The van der Waals surface area contributed by atoms with Gasteiger partial charge in [0.25, 0.3) is 6.43 Å². The van der Waals surface area contributed by atoms with Crippen LogP contribution in [-0.2, 0) is 11.2 Å². The van der Waals surface area contributed by atoms with Gasteiger partial charge < -0.3 is 9.84 Å². The van der Waals surface area contributed by atoms with Crippen molar-refractivity contribution in [2.24, 2.45) is 0 Å². The molecule has 7 heteroatoms. The summed E-state index contributed by atoms with van der Waals surface area (Å²) in [6.07, 6.45) is -1.99. The maximum Gasteiger partial charge on any atom is 0.308 e. The van der Waals surface area contributed by atoms with E-state index < -0.39 is 18.1 Å². The van der Waals surface area contributed by atoms with E-state index in [1.165, 1.54) is 7.11 Å². The zero-order valence-corrected chi connectivity index (χ0v) is 10.4. The van der Waals surface area contributed by atoms with Gasteiger partial charge in [-0.15, -0.1) is 0 Å². The van der Waals surface area contributed by atoms with E-state index in [2.05, 4.69) is 4.98 Å². The van der Waals surface area contributed by atoms with Crippen LogP contribution in [0.25, 0.3) is 0 Å². The van der Waals surface area contributed by atoms with Crippen LogP contribution in [0.5, 0.6) is 5.75 Å². The molecule has 0 fully saturated rings. The van der Waals surface area contributed by atoms with Gasteiger partial charge in [0.05, 0.1) is 19.7 Å². The van der Waals surface area contributed by atoms with Gasteiger partial charge in [0, 0.05) is 9.13 Å². The van der Waals surface area contributed by atoms with Crippen LogP contribution in [0.1, 0.15) is 17.7 Å². The van der Waals surface area contributed by atoms with Crippen molar-refractivity contribution < 1.29 is 23.4 Å². The first kappa shape index (κ1) is 13.1. The maximum atomic E-state index is 12.5. The predicted octanol–water partition coefficient (Wildman–Crippen LogP) is 2.26. The molecule has 0 saturated carbocycles. The third-order valence-corrected chi connectivity index (χ3v) is 3.07. The highest BCUT2D eigenvalue weighted by Gasteiger charge is 2.21. The average molecular weight is 343 g/mol. The predicted molar refractivity (Wildman–Crippen MR) is 59.8 cm³/mol. The summed E-state index contributed by atoms with van der Waals surface area (Å²) in [6.45, 7) is 0. The highest BCUT2D eigenvalue weighted by molar-refractivity contribution is 14.1. The number of halogens is 3. The first-order valence-electron chi connectivity index (χ1n) is 4.18. The molecular weight excluding hydrogens is 335 g/mol. The molecule has 0 aromatic carbocycles. The zero-order valence-electron chi connectivity index (χ0n) is 8.21. The normalized spacial score (nSPS) is 10.6. The van der Waals surface area contributed by atoms with E-state index in [4.69, 9.17) is 9.84 Å². The Morgan fingerprint density at radius 1 is 1.69 bits per heavy atom. The average Bonchev–Trinajstić information content (AvgIpc) is 2.19. The van der Waals surface area contributed by atoms with Crippen molar-refractivity contribution in [3.8, 4) is 5.75 Å². The summed E-state index contributed by atoms with van der Waals surface area (Å²) < 4.78 is 30.1. The molecule has 1 heterocycles. The Kier molecular flexibility index (Phi) is 4.39. The molecule has 16 heavy (non-hydrogen) atoms. The first-order valence-corrected chi connectivity index (χ1v) is 5.26. The molecule has 88 valence electrons. The smallest absolute Gasteiger partial charge is 0.308 e. The molecule has 0 saturated heterocycles. The van der Waals surface area contributed by atoms with E-state index in [0.717, 1.165) is 6.20 Å². The van der Waals surface area contributed by atoms with Gasteiger partial charge in [0.1, 0.15) is 11.4 Å². The van der Waals surface area contributed by atoms with Crippen LogP contribution in [0.15, 0.2) is 6.20 Å². The molecule has 0 amide bonds. The Morgan fingerprint density at radius 3 is 2.75 bits per heavy atom. The second-order valence-corrected chi connectivity index (χ2v) is 3.95. The number of carboxylic acid groups (broad SMARTS) is 1. The van der Waals surface area contributed by atoms with Crippen molar-refractivity contribution in [2.75, 3.05) is 7.11 Å². The number of carboxylic acids is 1. The lowest BCUT2D eigenvalue weighted by Crippen LogP contribution is -2.08. The lowest BCUT2D eigenvalue weighted by atomic mass is 10.1. The highest BCUT2D eigenvalue weighted by atomic mass is 127. The molecule has 0 unspecified atom stereocenters. The summed E-state index contributed by atoms with van der Waals surface area (Å²) in [5.74, 6) is -0.904. The van der Waals surface area contributed by atoms with Gasteiger partial charge >= 0.3 is 5.97 Å². The lowest BCUT2D eigenvalue weighted by Gasteiger charge is -2.11. The molecule has 4 nitrogen and oxygen atoms in total. The lowest BCUT2D eigenvalue weighted by molar-refractivity contribution is -0.136. The van der Waals surface area contributed by atoms with E-state index in [0.29, 0.717) is 0 Å². The van der Waals surface area contributed by atoms with Gasteiger partial charge in [-0.2, -0.15) is 0 Å². The number of aliphatic carboxylic acids is 1. The van der Waals surface area contributed by atoms with Crippen molar-refractivity contribution in [3.63, 3.8) is 0 Å². The highest BCUT2D eigenvalue weighted by Crippen LogP contribution is 2.30. The quantitative estimate of drug-likeness (QED) is 0.852. The van der Waals surface area contributed by atoms with E-state index >= 15 is 0 Å². The second kappa shape index (κ2) is 5.37. The number of alkyl halides is 2. The molecule has 0 bridgehead atoms. The number of aromatic nitrogens is 1. The SMILES string of the molecule is COc1cnc(C(F)F)c(I)c1CC(=O)O. The molecule has 0 radical (unpaired) electrons. The van der Waals surface area contributed by atoms with E-state index in [9.17, 15) is 13.6 Å². The fourth-order valence-electron chi connectivity index (χ4n) is 1.17. The number of nitrogens with zero attached hydrogens (tertiary/aromatic N) is 1. The van der Waals surface area contributed by atoms with Crippen LogP contribution in [0.3, 0.4) is 0 Å². The summed E-state index contributed by atoms with van der Waals surface area (Å²) in [6, 6.07) is 0. The van der Waals surface area contributed by atoms with Gasteiger partial charge in [0.15, 0.2) is 0 Å².